The molecule has 1 saturated heterocycles. The van der Waals surface area contributed by atoms with Gasteiger partial charge in [-0.25, -0.2) is 0 Å². The van der Waals surface area contributed by atoms with Gasteiger partial charge in [-0.3, -0.25) is 4.90 Å². The van der Waals surface area contributed by atoms with Crippen LogP contribution in [0.1, 0.15) is 17.5 Å². The van der Waals surface area contributed by atoms with Crippen LogP contribution in [0.5, 0.6) is 0 Å². The van der Waals surface area contributed by atoms with Crippen LogP contribution in [-0.2, 0) is 6.42 Å². The molecule has 2 rings (SSSR count). The molecule has 0 aromatic heterocycles. The molecule has 0 aliphatic carbocycles. The van der Waals surface area contributed by atoms with Gasteiger partial charge in [0.25, 0.3) is 0 Å². The van der Waals surface area contributed by atoms with Crippen LogP contribution < -0.4 is 5.32 Å². The summed E-state index contributed by atoms with van der Waals surface area (Å²) in [5, 5.41) is 12.9. The van der Waals surface area contributed by atoms with Crippen molar-refractivity contribution in [1.82, 2.24) is 10.2 Å². The van der Waals surface area contributed by atoms with Gasteiger partial charge < -0.3 is 10.4 Å². The molecule has 1 aliphatic rings. The second-order valence-corrected chi connectivity index (χ2v) is 5.15. The summed E-state index contributed by atoms with van der Waals surface area (Å²) in [6.07, 6.45) is 2.09. The van der Waals surface area contributed by atoms with E-state index in [9.17, 15) is 5.11 Å². The average Bonchev–Trinajstić information content (AvgIpc) is 2.41. The summed E-state index contributed by atoms with van der Waals surface area (Å²) in [6.45, 7) is 6.59. The summed E-state index contributed by atoms with van der Waals surface area (Å²) in [5.41, 5.74) is 2.69. The van der Waals surface area contributed by atoms with Crippen molar-refractivity contribution < 1.29 is 5.11 Å². The van der Waals surface area contributed by atoms with E-state index < -0.39 is 0 Å². The minimum atomic E-state index is 0.270. The number of hydrogen-bond donors (Lipinski definition) is 2. The second kappa shape index (κ2) is 6.88. The van der Waals surface area contributed by atoms with Crippen LogP contribution in [0.3, 0.4) is 0 Å². The minimum absolute atomic E-state index is 0.270. The van der Waals surface area contributed by atoms with Crippen molar-refractivity contribution in [3.05, 3.63) is 35.4 Å². The Bertz CT molecular complexity index is 361. The average molecular weight is 248 g/mol. The van der Waals surface area contributed by atoms with Crippen LogP contribution in [0.15, 0.2) is 24.3 Å². The first kappa shape index (κ1) is 13.5. The Morgan fingerprint density at radius 3 is 2.78 bits per heavy atom. The number of rotatable bonds is 5. The number of aliphatic hydroxyl groups excluding tert-OH is 1. The second-order valence-electron chi connectivity index (χ2n) is 5.15. The zero-order chi connectivity index (χ0) is 12.8. The Morgan fingerprint density at radius 1 is 1.33 bits per heavy atom. The van der Waals surface area contributed by atoms with Gasteiger partial charge in [-0.2, -0.15) is 0 Å². The number of nitrogens with zero attached hydrogens (tertiary/aromatic N) is 1. The highest BCUT2D eigenvalue weighted by atomic mass is 16.3. The predicted octanol–water partition coefficient (Wildman–Crippen LogP) is 1.19. The summed E-state index contributed by atoms with van der Waals surface area (Å²) in [4.78, 5) is 2.41. The fourth-order valence-corrected chi connectivity index (χ4v) is 2.64. The number of aryl methyl sites for hydroxylation is 2. The van der Waals surface area contributed by atoms with Crippen molar-refractivity contribution in [2.24, 2.45) is 0 Å². The molecule has 0 bridgehead atoms. The molecule has 1 aromatic carbocycles. The summed E-state index contributed by atoms with van der Waals surface area (Å²) in [5.74, 6) is 0. The molecule has 18 heavy (non-hydrogen) atoms. The third kappa shape index (κ3) is 3.80. The lowest BCUT2D eigenvalue weighted by Crippen LogP contribution is -2.49. The monoisotopic (exact) mass is 248 g/mol. The van der Waals surface area contributed by atoms with E-state index in [-0.39, 0.29) is 6.61 Å². The Balaban J connectivity index is 1.86. The van der Waals surface area contributed by atoms with E-state index in [0.29, 0.717) is 6.04 Å². The Labute approximate surface area is 110 Å². The number of piperazine rings is 1. The molecule has 0 radical (unpaired) electrons. The first-order chi connectivity index (χ1) is 8.79. The Morgan fingerprint density at radius 2 is 2.11 bits per heavy atom. The van der Waals surface area contributed by atoms with Crippen molar-refractivity contribution in [3.63, 3.8) is 0 Å². The van der Waals surface area contributed by atoms with Crippen LogP contribution in [0, 0.1) is 6.92 Å². The summed E-state index contributed by atoms with van der Waals surface area (Å²) >= 11 is 0. The van der Waals surface area contributed by atoms with E-state index in [0.717, 1.165) is 39.0 Å². The van der Waals surface area contributed by atoms with E-state index in [1.807, 2.05) is 0 Å². The highest BCUT2D eigenvalue weighted by Crippen LogP contribution is 2.12. The third-order valence-corrected chi connectivity index (χ3v) is 3.73. The molecule has 1 aromatic rings. The van der Waals surface area contributed by atoms with Gasteiger partial charge in [-0.1, -0.05) is 29.8 Å². The Hall–Kier alpha value is -0.900. The lowest BCUT2D eigenvalue weighted by Gasteiger charge is -2.34. The van der Waals surface area contributed by atoms with Crippen molar-refractivity contribution >= 4 is 0 Å². The molecule has 1 heterocycles. The molecule has 0 spiro atoms. The highest BCUT2D eigenvalue weighted by Gasteiger charge is 2.19. The van der Waals surface area contributed by atoms with Gasteiger partial charge in [0.1, 0.15) is 0 Å². The number of nitrogens with one attached hydrogen (secondary N) is 1. The zero-order valence-electron chi connectivity index (χ0n) is 11.2. The first-order valence-electron chi connectivity index (χ1n) is 6.91. The fourth-order valence-electron chi connectivity index (χ4n) is 2.64. The molecular formula is C15H24N2O. The maximum atomic E-state index is 9.55. The molecule has 1 atom stereocenters. The molecule has 3 heteroatoms. The highest BCUT2D eigenvalue weighted by molar-refractivity contribution is 5.22. The standard InChI is InChI=1S/C15H24N2O/c1-13-3-2-4-14(11-13)5-6-15(12-18)17-9-7-16-8-10-17/h2-4,11,15-16,18H,5-10,12H2,1H3. The van der Waals surface area contributed by atoms with Gasteiger partial charge in [0.15, 0.2) is 0 Å². The zero-order valence-corrected chi connectivity index (χ0v) is 11.2. The lowest BCUT2D eigenvalue weighted by atomic mass is 10.0. The quantitative estimate of drug-likeness (QED) is 0.822. The van der Waals surface area contributed by atoms with Crippen LogP contribution in [0.4, 0.5) is 0 Å². The molecule has 100 valence electrons. The van der Waals surface area contributed by atoms with Crippen LogP contribution >= 0.6 is 0 Å². The molecule has 0 saturated carbocycles. The van der Waals surface area contributed by atoms with Gasteiger partial charge in [0, 0.05) is 32.2 Å². The first-order valence-corrected chi connectivity index (χ1v) is 6.91. The molecule has 0 amide bonds. The fraction of sp³-hybridized carbons (Fsp3) is 0.600. The topological polar surface area (TPSA) is 35.5 Å². The molecule has 1 aliphatic heterocycles. The predicted molar refractivity (Wildman–Crippen MR) is 74.8 cm³/mol. The van der Waals surface area contributed by atoms with Crippen molar-refractivity contribution in [3.8, 4) is 0 Å². The maximum absolute atomic E-state index is 9.55. The number of hydrogen-bond acceptors (Lipinski definition) is 3. The molecular weight excluding hydrogens is 224 g/mol. The molecule has 2 N–H and O–H groups in total. The smallest absolute Gasteiger partial charge is 0.0587 e. The van der Waals surface area contributed by atoms with Gasteiger partial charge in [0.2, 0.25) is 0 Å². The Kier molecular flexibility index (Phi) is 5.17. The van der Waals surface area contributed by atoms with Crippen molar-refractivity contribution in [1.29, 1.82) is 0 Å². The maximum Gasteiger partial charge on any atom is 0.0587 e. The van der Waals surface area contributed by atoms with Crippen molar-refractivity contribution in [2.75, 3.05) is 32.8 Å². The lowest BCUT2D eigenvalue weighted by molar-refractivity contribution is 0.104. The van der Waals surface area contributed by atoms with E-state index in [2.05, 4.69) is 41.4 Å². The van der Waals surface area contributed by atoms with Gasteiger partial charge in [0.05, 0.1) is 6.61 Å². The minimum Gasteiger partial charge on any atom is -0.395 e. The van der Waals surface area contributed by atoms with Crippen LogP contribution in [-0.4, -0.2) is 48.8 Å². The van der Waals surface area contributed by atoms with Crippen molar-refractivity contribution in [2.45, 2.75) is 25.8 Å². The SMILES string of the molecule is Cc1cccc(CCC(CO)N2CCNCC2)c1. The number of benzene rings is 1. The van der Waals surface area contributed by atoms with Gasteiger partial charge in [-0.05, 0) is 25.3 Å². The largest absolute Gasteiger partial charge is 0.395 e. The summed E-state index contributed by atoms with van der Waals surface area (Å²) in [6, 6.07) is 8.98. The summed E-state index contributed by atoms with van der Waals surface area (Å²) in [7, 11) is 0. The van der Waals surface area contributed by atoms with E-state index in [1.165, 1.54) is 11.1 Å². The van der Waals surface area contributed by atoms with E-state index >= 15 is 0 Å². The molecule has 3 nitrogen and oxygen atoms in total. The van der Waals surface area contributed by atoms with Crippen LogP contribution in [0.25, 0.3) is 0 Å². The van der Waals surface area contributed by atoms with Gasteiger partial charge in [-0.15, -0.1) is 0 Å². The van der Waals surface area contributed by atoms with Gasteiger partial charge >= 0.3 is 0 Å². The summed E-state index contributed by atoms with van der Waals surface area (Å²) < 4.78 is 0. The molecule has 1 unspecified atom stereocenters. The third-order valence-electron chi connectivity index (χ3n) is 3.73. The van der Waals surface area contributed by atoms with E-state index in [4.69, 9.17) is 0 Å². The van der Waals surface area contributed by atoms with E-state index in [1.54, 1.807) is 0 Å². The van der Waals surface area contributed by atoms with Crippen LogP contribution in [0.2, 0.25) is 0 Å². The molecule has 1 fully saturated rings. The normalized spacial score (nSPS) is 18.8. The number of aliphatic hydroxyl groups is 1.